The number of hydrogen-bond donors (Lipinski definition) is 1. The van der Waals surface area contributed by atoms with Gasteiger partial charge in [0.05, 0.1) is 23.6 Å². The maximum atomic E-state index is 14.1. The summed E-state index contributed by atoms with van der Waals surface area (Å²) in [6.45, 7) is 4.99. The predicted octanol–water partition coefficient (Wildman–Crippen LogP) is 1.64. The Morgan fingerprint density at radius 2 is 1.85 bits per heavy atom. The number of ether oxygens (including phenoxy) is 1. The van der Waals surface area contributed by atoms with E-state index in [1.165, 1.54) is 10.6 Å². The van der Waals surface area contributed by atoms with Crippen molar-refractivity contribution >= 4 is 33.2 Å². The molecule has 0 radical (unpaired) electrons. The SMILES string of the molecule is Cc1ccc2c(c1)C(=O)N1CCCCC1c1cc3nc(N4CC(N)C4)cc(n3n1)N(C)CCN(S(C)(=O)=O)CCO2. The Bertz CT molecular complexity index is 1570. The Morgan fingerprint density at radius 3 is 2.61 bits per heavy atom. The molecule has 2 fully saturated rings. The molecule has 6 rings (SSSR count). The topological polar surface area (TPSA) is 130 Å². The van der Waals surface area contributed by atoms with Gasteiger partial charge in [-0.2, -0.15) is 13.9 Å². The first-order valence-corrected chi connectivity index (χ1v) is 16.1. The quantitative estimate of drug-likeness (QED) is 0.479. The molecule has 2 bridgehead atoms. The maximum absolute atomic E-state index is 14.1. The third kappa shape index (κ3) is 5.45. The van der Waals surface area contributed by atoms with Crippen molar-refractivity contribution in [3.8, 4) is 5.75 Å². The van der Waals surface area contributed by atoms with Crippen LogP contribution < -0.4 is 20.3 Å². The summed E-state index contributed by atoms with van der Waals surface area (Å²) in [6.07, 6.45) is 3.92. The van der Waals surface area contributed by atoms with Crippen LogP contribution in [0.4, 0.5) is 11.6 Å². The van der Waals surface area contributed by atoms with Crippen LogP contribution in [0.2, 0.25) is 0 Å². The van der Waals surface area contributed by atoms with Crippen LogP contribution >= 0.6 is 0 Å². The zero-order valence-electron chi connectivity index (χ0n) is 23.9. The highest BCUT2D eigenvalue weighted by molar-refractivity contribution is 7.88. The van der Waals surface area contributed by atoms with Crippen molar-refractivity contribution in [1.29, 1.82) is 0 Å². The molecule has 1 amide bonds. The third-order valence-electron chi connectivity index (χ3n) is 8.26. The van der Waals surface area contributed by atoms with E-state index in [1.807, 2.05) is 52.6 Å². The zero-order valence-corrected chi connectivity index (χ0v) is 24.7. The van der Waals surface area contributed by atoms with Crippen LogP contribution in [0.25, 0.3) is 5.65 Å². The van der Waals surface area contributed by atoms with Gasteiger partial charge in [-0.15, -0.1) is 0 Å². The zero-order chi connectivity index (χ0) is 28.9. The number of amides is 1. The highest BCUT2D eigenvalue weighted by Gasteiger charge is 2.33. The van der Waals surface area contributed by atoms with Crippen molar-refractivity contribution in [2.45, 2.75) is 38.3 Å². The number of likely N-dealkylation sites (N-methyl/N-ethyl adjacent to an activating group) is 1. The Balaban J connectivity index is 1.48. The van der Waals surface area contributed by atoms with E-state index in [0.717, 1.165) is 55.2 Å². The van der Waals surface area contributed by atoms with Crippen molar-refractivity contribution in [3.63, 3.8) is 0 Å². The molecule has 1 aromatic carbocycles. The van der Waals surface area contributed by atoms with Crippen LogP contribution in [-0.2, 0) is 10.0 Å². The van der Waals surface area contributed by atoms with Crippen LogP contribution in [0.5, 0.6) is 5.75 Å². The van der Waals surface area contributed by atoms with E-state index in [0.29, 0.717) is 30.0 Å². The molecule has 3 aliphatic rings. The third-order valence-corrected chi connectivity index (χ3v) is 9.56. The van der Waals surface area contributed by atoms with E-state index in [-0.39, 0.29) is 37.7 Å². The number of benzene rings is 1. The molecule has 220 valence electrons. The molecular formula is C28H38N8O4S. The standard InChI is InChI=1S/C28H38N8O4S/c1-19-7-8-24-21(14-19)28(37)35-9-5-4-6-23(35)22-15-26-30-25(33-17-20(29)18-33)16-27(36(26)31-22)32(2)10-11-34(12-13-40-24)41(3,38)39/h7-8,14-16,20,23H,4-6,9-13,17-18,29H2,1-3H3. The van der Waals surface area contributed by atoms with Crippen LogP contribution in [0.15, 0.2) is 30.3 Å². The van der Waals surface area contributed by atoms with Gasteiger partial charge in [0.25, 0.3) is 5.91 Å². The number of piperidine rings is 1. The average Bonchev–Trinajstić information content (AvgIpc) is 3.35. The van der Waals surface area contributed by atoms with E-state index in [9.17, 15) is 13.2 Å². The number of nitrogens with zero attached hydrogens (tertiary/aromatic N) is 7. The Morgan fingerprint density at radius 1 is 1.05 bits per heavy atom. The summed E-state index contributed by atoms with van der Waals surface area (Å²) in [5.41, 5.74) is 8.97. The van der Waals surface area contributed by atoms with Gasteiger partial charge in [-0.25, -0.2) is 13.4 Å². The fourth-order valence-corrected chi connectivity index (χ4v) is 6.73. The van der Waals surface area contributed by atoms with Crippen molar-refractivity contribution in [2.24, 2.45) is 5.73 Å². The lowest BCUT2D eigenvalue weighted by Crippen LogP contribution is -2.56. The number of sulfonamides is 1. The Kier molecular flexibility index (Phi) is 7.28. The van der Waals surface area contributed by atoms with E-state index in [2.05, 4.69) is 4.90 Å². The van der Waals surface area contributed by atoms with Gasteiger partial charge in [-0.3, -0.25) is 4.79 Å². The second-order valence-electron chi connectivity index (χ2n) is 11.4. The number of rotatable bonds is 2. The van der Waals surface area contributed by atoms with E-state index >= 15 is 0 Å². The molecule has 5 heterocycles. The van der Waals surface area contributed by atoms with Crippen LogP contribution in [0.3, 0.4) is 0 Å². The number of aromatic nitrogens is 3. The minimum Gasteiger partial charge on any atom is -0.491 e. The van der Waals surface area contributed by atoms with Crippen LogP contribution in [0.1, 0.15) is 46.9 Å². The van der Waals surface area contributed by atoms with Gasteiger partial charge >= 0.3 is 0 Å². The molecule has 3 aromatic rings. The summed E-state index contributed by atoms with van der Waals surface area (Å²) in [5, 5.41) is 5.01. The molecule has 3 aliphatic heterocycles. The molecule has 2 saturated heterocycles. The summed E-state index contributed by atoms with van der Waals surface area (Å²) in [4.78, 5) is 25.1. The molecule has 0 saturated carbocycles. The molecule has 1 unspecified atom stereocenters. The number of carbonyl (C=O) groups is 1. The second kappa shape index (κ2) is 10.8. The molecule has 1 atom stereocenters. The lowest BCUT2D eigenvalue weighted by atomic mass is 9.97. The number of anilines is 2. The van der Waals surface area contributed by atoms with Gasteiger partial charge in [0.15, 0.2) is 5.65 Å². The van der Waals surface area contributed by atoms with Crippen LogP contribution in [0, 0.1) is 6.92 Å². The average molecular weight is 583 g/mol. The minimum atomic E-state index is -3.50. The summed E-state index contributed by atoms with van der Waals surface area (Å²) >= 11 is 0. The monoisotopic (exact) mass is 582 g/mol. The first-order valence-electron chi connectivity index (χ1n) is 14.2. The molecule has 0 spiro atoms. The van der Waals surface area contributed by atoms with Crippen molar-refractivity contribution in [1.82, 2.24) is 23.8 Å². The highest BCUT2D eigenvalue weighted by atomic mass is 32.2. The highest BCUT2D eigenvalue weighted by Crippen LogP contribution is 2.35. The largest absolute Gasteiger partial charge is 0.491 e. The molecule has 41 heavy (non-hydrogen) atoms. The summed E-state index contributed by atoms with van der Waals surface area (Å²) in [6, 6.07) is 9.43. The van der Waals surface area contributed by atoms with E-state index < -0.39 is 10.0 Å². The molecule has 2 N–H and O–H groups in total. The van der Waals surface area contributed by atoms with Gasteiger partial charge in [0, 0.05) is 64.5 Å². The van der Waals surface area contributed by atoms with Crippen molar-refractivity contribution in [3.05, 3.63) is 47.2 Å². The number of aryl methyl sites for hydroxylation is 1. The fourth-order valence-electron chi connectivity index (χ4n) is 5.91. The summed E-state index contributed by atoms with van der Waals surface area (Å²) in [5.74, 6) is 1.94. The molecule has 2 aromatic heterocycles. The molecular weight excluding hydrogens is 544 g/mol. The Labute approximate surface area is 240 Å². The molecule has 0 aliphatic carbocycles. The van der Waals surface area contributed by atoms with Gasteiger partial charge in [-0.05, 0) is 38.3 Å². The smallest absolute Gasteiger partial charge is 0.258 e. The van der Waals surface area contributed by atoms with Gasteiger partial charge in [-0.1, -0.05) is 11.6 Å². The van der Waals surface area contributed by atoms with E-state index in [4.69, 9.17) is 20.6 Å². The molecule has 13 heteroatoms. The number of fused-ring (bicyclic) bond motifs is 4. The maximum Gasteiger partial charge on any atom is 0.258 e. The fraction of sp³-hybridized carbons (Fsp3) is 0.536. The second-order valence-corrected chi connectivity index (χ2v) is 13.4. The van der Waals surface area contributed by atoms with Crippen molar-refractivity contribution < 1.29 is 17.9 Å². The Hall–Kier alpha value is -3.42. The predicted molar refractivity (Wildman–Crippen MR) is 157 cm³/mol. The van der Waals surface area contributed by atoms with Gasteiger partial charge < -0.3 is 25.2 Å². The van der Waals surface area contributed by atoms with E-state index in [1.54, 1.807) is 6.07 Å². The first-order chi connectivity index (χ1) is 19.6. The lowest BCUT2D eigenvalue weighted by Gasteiger charge is -2.38. The summed E-state index contributed by atoms with van der Waals surface area (Å²) < 4.78 is 34.7. The summed E-state index contributed by atoms with van der Waals surface area (Å²) in [7, 11) is -1.57. The number of nitrogens with two attached hydrogens (primary N) is 1. The molecule has 12 nitrogen and oxygen atoms in total. The normalized spacial score (nSPS) is 21.5. The minimum absolute atomic E-state index is 0.113. The first kappa shape index (κ1) is 27.7. The lowest BCUT2D eigenvalue weighted by molar-refractivity contribution is 0.0601. The van der Waals surface area contributed by atoms with Crippen molar-refractivity contribution in [2.75, 3.05) is 69.0 Å². The number of carbonyl (C=O) groups excluding carboxylic acids is 1. The number of hydrogen-bond acceptors (Lipinski definition) is 9. The van der Waals surface area contributed by atoms with Gasteiger partial charge in [0.2, 0.25) is 10.0 Å². The van der Waals surface area contributed by atoms with Gasteiger partial charge in [0.1, 0.15) is 24.0 Å². The van der Waals surface area contributed by atoms with Crippen LogP contribution in [-0.4, -0.2) is 103 Å².